The fourth-order valence-electron chi connectivity index (χ4n) is 1.78. The molecule has 0 spiro atoms. The van der Waals surface area contributed by atoms with Gasteiger partial charge in [-0.15, -0.1) is 11.3 Å². The molecule has 0 aliphatic carbocycles. The van der Waals surface area contributed by atoms with Crippen molar-refractivity contribution >= 4 is 28.1 Å². The zero-order valence-electron chi connectivity index (χ0n) is 10.6. The van der Waals surface area contributed by atoms with Crippen LogP contribution in [0, 0.1) is 6.92 Å². The van der Waals surface area contributed by atoms with Crippen LogP contribution in [0.25, 0.3) is 4.96 Å². The van der Waals surface area contributed by atoms with Crippen molar-refractivity contribution in [2.75, 3.05) is 7.05 Å². The predicted molar refractivity (Wildman–Crippen MR) is 76.7 cm³/mol. The summed E-state index contributed by atoms with van der Waals surface area (Å²) in [5, 5.41) is 6.92. The number of nitrogens with zero attached hydrogens (tertiary/aromatic N) is 4. The highest BCUT2D eigenvalue weighted by atomic mass is 32.2. The van der Waals surface area contributed by atoms with Crippen LogP contribution < -0.4 is 5.32 Å². The lowest BCUT2D eigenvalue weighted by Gasteiger charge is -2.02. The number of imidazole rings is 1. The number of rotatable bonds is 4. The molecule has 0 radical (unpaired) electrons. The summed E-state index contributed by atoms with van der Waals surface area (Å²) >= 11 is 3.14. The van der Waals surface area contributed by atoms with Gasteiger partial charge in [-0.05, 0) is 31.8 Å². The molecule has 7 heteroatoms. The molecule has 1 N–H and O–H groups in total. The zero-order valence-corrected chi connectivity index (χ0v) is 12.3. The van der Waals surface area contributed by atoms with Gasteiger partial charge in [0.1, 0.15) is 5.03 Å². The van der Waals surface area contributed by atoms with Crippen molar-refractivity contribution in [2.24, 2.45) is 0 Å². The topological polar surface area (TPSA) is 55.1 Å². The lowest BCUT2D eigenvalue weighted by Crippen LogP contribution is -2.08. The van der Waals surface area contributed by atoms with Gasteiger partial charge in [0.05, 0.1) is 5.69 Å². The predicted octanol–water partition coefficient (Wildman–Crippen LogP) is 2.36. The van der Waals surface area contributed by atoms with Crippen LogP contribution in [0.4, 0.5) is 0 Å². The monoisotopic (exact) mass is 291 g/mol. The number of aryl methyl sites for hydroxylation is 1. The molecule has 0 aromatic carbocycles. The van der Waals surface area contributed by atoms with Gasteiger partial charge in [0, 0.05) is 30.0 Å². The van der Waals surface area contributed by atoms with Crippen LogP contribution in [0.5, 0.6) is 0 Å². The van der Waals surface area contributed by atoms with E-state index in [0.29, 0.717) is 0 Å². The summed E-state index contributed by atoms with van der Waals surface area (Å²) < 4.78 is 2.11. The standard InChI is InChI=1S/C12H13N5S2/c1-8-3-4-14-11(15-8)19-10-9(7-13-2)17-5-6-18-12(17)16-10/h3-6,13H,7H2,1-2H3. The van der Waals surface area contributed by atoms with Gasteiger partial charge in [0.15, 0.2) is 10.1 Å². The van der Waals surface area contributed by atoms with Gasteiger partial charge in [-0.1, -0.05) is 0 Å². The summed E-state index contributed by atoms with van der Waals surface area (Å²) in [6, 6.07) is 1.89. The maximum Gasteiger partial charge on any atom is 0.194 e. The summed E-state index contributed by atoms with van der Waals surface area (Å²) in [6.07, 6.45) is 3.82. The van der Waals surface area contributed by atoms with E-state index in [-0.39, 0.29) is 0 Å². The van der Waals surface area contributed by atoms with Crippen molar-refractivity contribution in [1.82, 2.24) is 24.7 Å². The van der Waals surface area contributed by atoms with Gasteiger partial charge in [0.25, 0.3) is 0 Å². The molecular formula is C12H13N5S2. The van der Waals surface area contributed by atoms with Crippen molar-refractivity contribution in [1.29, 1.82) is 0 Å². The summed E-state index contributed by atoms with van der Waals surface area (Å²) in [4.78, 5) is 14.3. The number of nitrogens with one attached hydrogen (secondary N) is 1. The molecule has 0 aliphatic rings. The van der Waals surface area contributed by atoms with Gasteiger partial charge in [-0.25, -0.2) is 15.0 Å². The number of aromatic nitrogens is 4. The SMILES string of the molecule is CNCc1c(Sc2nccc(C)n2)nc2sccn12. The maximum atomic E-state index is 4.64. The Morgan fingerprint density at radius 1 is 1.42 bits per heavy atom. The van der Waals surface area contributed by atoms with Crippen LogP contribution in [0.15, 0.2) is 34.0 Å². The third-order valence-electron chi connectivity index (χ3n) is 2.63. The minimum absolute atomic E-state index is 0.739. The quantitative estimate of drug-likeness (QED) is 0.748. The molecule has 0 amide bonds. The van der Waals surface area contributed by atoms with Crippen LogP contribution >= 0.6 is 23.1 Å². The summed E-state index contributed by atoms with van der Waals surface area (Å²) in [6.45, 7) is 2.73. The molecule has 3 aromatic heterocycles. The second-order valence-corrected chi connectivity index (χ2v) is 5.86. The lowest BCUT2D eigenvalue weighted by atomic mass is 10.5. The Labute approximate surface area is 119 Å². The Hall–Kier alpha value is -1.44. The van der Waals surface area contributed by atoms with E-state index in [1.807, 2.05) is 31.6 Å². The summed E-state index contributed by atoms with van der Waals surface area (Å²) in [5.74, 6) is 0. The number of fused-ring (bicyclic) bond motifs is 1. The molecule has 0 saturated heterocycles. The molecule has 98 valence electrons. The molecule has 0 unspecified atom stereocenters. The second kappa shape index (κ2) is 5.28. The smallest absolute Gasteiger partial charge is 0.194 e. The minimum Gasteiger partial charge on any atom is -0.314 e. The van der Waals surface area contributed by atoms with Crippen molar-refractivity contribution in [3.05, 3.63) is 35.2 Å². The number of hydrogen-bond acceptors (Lipinski definition) is 6. The van der Waals surface area contributed by atoms with Crippen molar-refractivity contribution in [3.63, 3.8) is 0 Å². The number of thiazole rings is 1. The fraction of sp³-hybridized carbons (Fsp3) is 0.250. The third kappa shape index (κ3) is 2.49. The van der Waals surface area contributed by atoms with Gasteiger partial charge >= 0.3 is 0 Å². The van der Waals surface area contributed by atoms with Crippen molar-refractivity contribution < 1.29 is 0 Å². The van der Waals surface area contributed by atoms with Crippen molar-refractivity contribution in [2.45, 2.75) is 23.7 Å². The summed E-state index contributed by atoms with van der Waals surface area (Å²) in [7, 11) is 1.93. The van der Waals surface area contributed by atoms with E-state index in [2.05, 4.69) is 24.7 Å². The Morgan fingerprint density at radius 2 is 2.32 bits per heavy atom. The molecular weight excluding hydrogens is 278 g/mol. The molecule has 0 fully saturated rings. The van der Waals surface area contributed by atoms with Gasteiger partial charge in [-0.3, -0.25) is 4.40 Å². The van der Waals surface area contributed by atoms with Crippen LogP contribution in [0.2, 0.25) is 0 Å². The van der Waals surface area contributed by atoms with E-state index in [0.717, 1.165) is 33.1 Å². The van der Waals surface area contributed by atoms with Gasteiger partial charge in [-0.2, -0.15) is 0 Å². The number of hydrogen-bond donors (Lipinski definition) is 1. The first kappa shape index (κ1) is 12.6. The molecule has 19 heavy (non-hydrogen) atoms. The first-order valence-electron chi connectivity index (χ1n) is 5.84. The third-order valence-corrected chi connectivity index (χ3v) is 4.29. The average Bonchev–Trinajstić information content (AvgIpc) is 2.93. The van der Waals surface area contributed by atoms with E-state index in [9.17, 15) is 0 Å². The molecule has 5 nitrogen and oxygen atoms in total. The van der Waals surface area contributed by atoms with Crippen LogP contribution in [0.1, 0.15) is 11.4 Å². The molecule has 3 rings (SSSR count). The van der Waals surface area contributed by atoms with Crippen LogP contribution in [0.3, 0.4) is 0 Å². The van der Waals surface area contributed by atoms with Gasteiger partial charge in [0.2, 0.25) is 0 Å². The molecule has 0 atom stereocenters. The molecule has 3 aromatic rings. The Bertz CT molecular complexity index is 703. The van der Waals surface area contributed by atoms with E-state index in [1.165, 1.54) is 11.8 Å². The average molecular weight is 291 g/mol. The minimum atomic E-state index is 0.739. The summed E-state index contributed by atoms with van der Waals surface area (Å²) in [5.41, 5.74) is 2.11. The maximum absolute atomic E-state index is 4.64. The van der Waals surface area contributed by atoms with Crippen LogP contribution in [-0.2, 0) is 6.54 Å². The Morgan fingerprint density at radius 3 is 3.11 bits per heavy atom. The largest absolute Gasteiger partial charge is 0.314 e. The van der Waals surface area contributed by atoms with Crippen LogP contribution in [-0.4, -0.2) is 26.4 Å². The highest BCUT2D eigenvalue weighted by Crippen LogP contribution is 2.29. The molecule has 0 aliphatic heterocycles. The van der Waals surface area contributed by atoms with E-state index in [4.69, 9.17) is 0 Å². The first-order chi connectivity index (χ1) is 9.28. The lowest BCUT2D eigenvalue weighted by molar-refractivity contribution is 0.764. The van der Waals surface area contributed by atoms with E-state index in [1.54, 1.807) is 17.5 Å². The zero-order chi connectivity index (χ0) is 13.2. The molecule has 0 saturated carbocycles. The highest BCUT2D eigenvalue weighted by molar-refractivity contribution is 7.99. The van der Waals surface area contributed by atoms with Crippen molar-refractivity contribution in [3.8, 4) is 0 Å². The second-order valence-electron chi connectivity index (χ2n) is 4.03. The normalized spacial score (nSPS) is 11.3. The van der Waals surface area contributed by atoms with Gasteiger partial charge < -0.3 is 5.32 Å². The molecule has 3 heterocycles. The van der Waals surface area contributed by atoms with E-state index >= 15 is 0 Å². The van der Waals surface area contributed by atoms with E-state index < -0.39 is 0 Å². The molecule has 0 bridgehead atoms. The Kier molecular flexibility index (Phi) is 3.50. The highest BCUT2D eigenvalue weighted by Gasteiger charge is 2.14. The Balaban J connectivity index is 1.99. The first-order valence-corrected chi connectivity index (χ1v) is 7.54. The fourth-order valence-corrected chi connectivity index (χ4v) is 3.47.